The van der Waals surface area contributed by atoms with Gasteiger partial charge < -0.3 is 14.5 Å². The standard InChI is InChI=1S/C12H11BrN2O3/c1-7-11(18-6-14-7)12(16)15-10-5-8(17-2)3-4-9(10)13/h3-6H,1-2H3,(H,15,16). The molecule has 2 aromatic rings. The Hall–Kier alpha value is -1.82. The van der Waals surface area contributed by atoms with E-state index in [4.69, 9.17) is 9.15 Å². The third-order valence-electron chi connectivity index (χ3n) is 2.37. The summed E-state index contributed by atoms with van der Waals surface area (Å²) in [5.41, 5.74) is 1.15. The summed E-state index contributed by atoms with van der Waals surface area (Å²) in [6.07, 6.45) is 1.24. The molecule has 0 spiro atoms. The highest BCUT2D eigenvalue weighted by Gasteiger charge is 2.15. The van der Waals surface area contributed by atoms with Gasteiger partial charge in [-0.15, -0.1) is 0 Å². The monoisotopic (exact) mass is 310 g/mol. The quantitative estimate of drug-likeness (QED) is 0.946. The van der Waals surface area contributed by atoms with Gasteiger partial charge in [0, 0.05) is 10.5 Å². The molecular weight excluding hydrogens is 300 g/mol. The van der Waals surface area contributed by atoms with E-state index < -0.39 is 0 Å². The molecule has 0 aliphatic carbocycles. The lowest BCUT2D eigenvalue weighted by Gasteiger charge is -2.08. The molecular formula is C12H11BrN2O3. The van der Waals surface area contributed by atoms with Gasteiger partial charge in [0.15, 0.2) is 6.39 Å². The van der Waals surface area contributed by atoms with Crippen LogP contribution in [-0.4, -0.2) is 18.0 Å². The molecule has 0 radical (unpaired) electrons. The van der Waals surface area contributed by atoms with E-state index in [0.717, 1.165) is 4.47 Å². The van der Waals surface area contributed by atoms with E-state index >= 15 is 0 Å². The van der Waals surface area contributed by atoms with Crippen molar-refractivity contribution in [3.63, 3.8) is 0 Å². The van der Waals surface area contributed by atoms with Crippen LogP contribution in [0.3, 0.4) is 0 Å². The Kier molecular flexibility index (Phi) is 3.66. The molecule has 94 valence electrons. The van der Waals surface area contributed by atoms with Crippen LogP contribution >= 0.6 is 15.9 Å². The lowest BCUT2D eigenvalue weighted by molar-refractivity contribution is 0.0996. The highest BCUT2D eigenvalue weighted by atomic mass is 79.9. The lowest BCUT2D eigenvalue weighted by Crippen LogP contribution is -2.12. The van der Waals surface area contributed by atoms with Crippen LogP contribution in [0.4, 0.5) is 5.69 Å². The molecule has 0 fully saturated rings. The predicted octanol–water partition coefficient (Wildman–Crippen LogP) is 3.01. The summed E-state index contributed by atoms with van der Waals surface area (Å²) in [6.45, 7) is 1.71. The molecule has 18 heavy (non-hydrogen) atoms. The smallest absolute Gasteiger partial charge is 0.293 e. The summed E-state index contributed by atoms with van der Waals surface area (Å²) < 4.78 is 10.9. The van der Waals surface area contributed by atoms with Gasteiger partial charge in [-0.25, -0.2) is 4.98 Å². The number of hydrogen-bond donors (Lipinski definition) is 1. The number of benzene rings is 1. The first-order valence-corrected chi connectivity index (χ1v) is 5.96. The van der Waals surface area contributed by atoms with Crippen molar-refractivity contribution in [2.45, 2.75) is 6.92 Å². The van der Waals surface area contributed by atoms with Crippen LogP contribution in [-0.2, 0) is 0 Å². The molecule has 0 saturated heterocycles. The molecule has 5 nitrogen and oxygen atoms in total. The number of methoxy groups -OCH3 is 1. The van der Waals surface area contributed by atoms with Gasteiger partial charge >= 0.3 is 0 Å². The number of ether oxygens (including phenoxy) is 1. The average Bonchev–Trinajstić information content (AvgIpc) is 2.78. The molecule has 0 aliphatic heterocycles. The minimum Gasteiger partial charge on any atom is -0.497 e. The minimum atomic E-state index is -0.348. The van der Waals surface area contributed by atoms with E-state index in [1.54, 1.807) is 32.2 Å². The fourth-order valence-electron chi connectivity index (χ4n) is 1.43. The van der Waals surface area contributed by atoms with Gasteiger partial charge in [0.1, 0.15) is 5.75 Å². The summed E-state index contributed by atoms with van der Waals surface area (Å²) in [6, 6.07) is 5.30. The van der Waals surface area contributed by atoms with Gasteiger partial charge in [-0.3, -0.25) is 4.79 Å². The maximum absolute atomic E-state index is 11.9. The van der Waals surface area contributed by atoms with E-state index in [1.807, 2.05) is 0 Å². The van der Waals surface area contributed by atoms with Crippen LogP contribution in [0, 0.1) is 6.92 Å². The van der Waals surface area contributed by atoms with Gasteiger partial charge in [0.25, 0.3) is 5.91 Å². The Bertz CT molecular complexity index is 580. The number of anilines is 1. The minimum absolute atomic E-state index is 0.199. The maximum atomic E-state index is 11.9. The van der Waals surface area contributed by atoms with Crippen molar-refractivity contribution in [3.05, 3.63) is 40.5 Å². The molecule has 0 atom stereocenters. The van der Waals surface area contributed by atoms with E-state index in [0.29, 0.717) is 17.1 Å². The van der Waals surface area contributed by atoms with Crippen LogP contribution in [0.15, 0.2) is 33.5 Å². The summed E-state index contributed by atoms with van der Waals surface area (Å²) in [4.78, 5) is 15.8. The van der Waals surface area contributed by atoms with Crippen molar-refractivity contribution < 1.29 is 13.9 Å². The van der Waals surface area contributed by atoms with E-state index in [2.05, 4.69) is 26.2 Å². The molecule has 1 heterocycles. The number of rotatable bonds is 3. The Balaban J connectivity index is 2.24. The molecule has 0 saturated carbocycles. The third kappa shape index (κ3) is 2.53. The number of carbonyl (C=O) groups excluding carboxylic acids is 1. The van der Waals surface area contributed by atoms with Crippen LogP contribution in [0.1, 0.15) is 16.2 Å². The summed E-state index contributed by atoms with van der Waals surface area (Å²) in [5, 5.41) is 2.73. The summed E-state index contributed by atoms with van der Waals surface area (Å²) >= 11 is 3.35. The molecule has 0 bridgehead atoms. The van der Waals surface area contributed by atoms with Crippen molar-refractivity contribution in [2.75, 3.05) is 12.4 Å². The molecule has 1 aromatic carbocycles. The Morgan fingerprint density at radius 3 is 2.89 bits per heavy atom. The number of aryl methyl sites for hydroxylation is 1. The zero-order valence-electron chi connectivity index (χ0n) is 9.86. The van der Waals surface area contributed by atoms with Gasteiger partial charge in [0.05, 0.1) is 18.5 Å². The Morgan fingerprint density at radius 1 is 1.50 bits per heavy atom. The topological polar surface area (TPSA) is 64.4 Å². The molecule has 0 aliphatic rings. The van der Waals surface area contributed by atoms with Gasteiger partial charge in [-0.1, -0.05) is 0 Å². The second-order valence-electron chi connectivity index (χ2n) is 3.57. The lowest BCUT2D eigenvalue weighted by atomic mass is 10.3. The van der Waals surface area contributed by atoms with Crippen molar-refractivity contribution in [2.24, 2.45) is 0 Å². The van der Waals surface area contributed by atoms with E-state index in [-0.39, 0.29) is 11.7 Å². The molecule has 6 heteroatoms. The van der Waals surface area contributed by atoms with Crippen LogP contribution in [0.25, 0.3) is 0 Å². The summed E-state index contributed by atoms with van der Waals surface area (Å²) in [5.74, 6) is 0.506. The van der Waals surface area contributed by atoms with Crippen molar-refractivity contribution in [1.29, 1.82) is 0 Å². The van der Waals surface area contributed by atoms with Crippen LogP contribution in [0.5, 0.6) is 5.75 Å². The van der Waals surface area contributed by atoms with E-state index in [1.165, 1.54) is 6.39 Å². The van der Waals surface area contributed by atoms with Crippen molar-refractivity contribution in [3.8, 4) is 5.75 Å². The molecule has 1 N–H and O–H groups in total. The molecule has 0 unspecified atom stereocenters. The number of amides is 1. The van der Waals surface area contributed by atoms with Crippen LogP contribution < -0.4 is 10.1 Å². The van der Waals surface area contributed by atoms with Crippen molar-refractivity contribution in [1.82, 2.24) is 4.98 Å². The largest absolute Gasteiger partial charge is 0.497 e. The Morgan fingerprint density at radius 2 is 2.28 bits per heavy atom. The first-order chi connectivity index (χ1) is 8.61. The first kappa shape index (κ1) is 12.6. The van der Waals surface area contributed by atoms with Crippen molar-refractivity contribution >= 4 is 27.5 Å². The number of halogens is 1. The molecule has 2 rings (SSSR count). The number of aromatic nitrogens is 1. The zero-order valence-corrected chi connectivity index (χ0v) is 11.4. The molecule has 1 amide bonds. The number of oxazole rings is 1. The molecule has 1 aromatic heterocycles. The fourth-order valence-corrected chi connectivity index (χ4v) is 1.77. The second kappa shape index (κ2) is 5.22. The SMILES string of the molecule is COc1ccc(Br)c(NC(=O)c2ocnc2C)c1. The fraction of sp³-hybridized carbons (Fsp3) is 0.167. The number of hydrogen-bond acceptors (Lipinski definition) is 4. The second-order valence-corrected chi connectivity index (χ2v) is 4.42. The summed E-state index contributed by atoms with van der Waals surface area (Å²) in [7, 11) is 1.56. The highest BCUT2D eigenvalue weighted by molar-refractivity contribution is 9.10. The van der Waals surface area contributed by atoms with E-state index in [9.17, 15) is 4.79 Å². The van der Waals surface area contributed by atoms with Gasteiger partial charge in [-0.2, -0.15) is 0 Å². The highest BCUT2D eigenvalue weighted by Crippen LogP contribution is 2.27. The third-order valence-corrected chi connectivity index (χ3v) is 3.06. The zero-order chi connectivity index (χ0) is 13.1. The maximum Gasteiger partial charge on any atom is 0.293 e. The number of carbonyl (C=O) groups is 1. The average molecular weight is 311 g/mol. The first-order valence-electron chi connectivity index (χ1n) is 5.17. The van der Waals surface area contributed by atoms with Crippen LogP contribution in [0.2, 0.25) is 0 Å². The normalized spacial score (nSPS) is 10.2. The number of nitrogens with zero attached hydrogens (tertiary/aromatic N) is 1. The van der Waals surface area contributed by atoms with Gasteiger partial charge in [0.2, 0.25) is 5.76 Å². The Labute approximate surface area is 112 Å². The number of nitrogens with one attached hydrogen (secondary N) is 1. The van der Waals surface area contributed by atoms with Gasteiger partial charge in [-0.05, 0) is 35.0 Å². The predicted molar refractivity (Wildman–Crippen MR) is 69.9 cm³/mol.